The number of alkyl halides is 3. The maximum absolute atomic E-state index is 14.0. The summed E-state index contributed by atoms with van der Waals surface area (Å²) < 4.78 is 48.8. The van der Waals surface area contributed by atoms with Gasteiger partial charge >= 0.3 is 6.18 Å². The van der Waals surface area contributed by atoms with E-state index in [9.17, 15) is 22.8 Å². The number of carbonyl (C=O) groups is 1. The van der Waals surface area contributed by atoms with Crippen molar-refractivity contribution < 1.29 is 22.4 Å². The molecular weight excluding hydrogens is 683 g/mol. The molecule has 1 amide bonds. The number of hydrogen-bond acceptors (Lipinski definition) is 8. The van der Waals surface area contributed by atoms with Crippen LogP contribution >= 0.6 is 34.7 Å². The molecule has 0 spiro atoms. The summed E-state index contributed by atoms with van der Waals surface area (Å²) in [5, 5.41) is 0.601. The average Bonchev–Trinajstić information content (AvgIpc) is 3.63. The fourth-order valence-electron chi connectivity index (χ4n) is 5.30. The van der Waals surface area contributed by atoms with Crippen molar-refractivity contribution in [2.24, 2.45) is 4.99 Å². The van der Waals surface area contributed by atoms with Crippen LogP contribution in [0.5, 0.6) is 0 Å². The summed E-state index contributed by atoms with van der Waals surface area (Å²) >= 11 is 8.14. The Morgan fingerprint density at radius 2 is 1.77 bits per heavy atom. The number of rotatable bonds is 8. The summed E-state index contributed by atoms with van der Waals surface area (Å²) in [5.74, 6) is 0.0756. The summed E-state index contributed by atoms with van der Waals surface area (Å²) in [4.78, 5) is 42.5. The molecule has 0 unspecified atom stereocenters. The van der Waals surface area contributed by atoms with E-state index < -0.39 is 17.9 Å². The molecule has 5 aromatic rings. The minimum atomic E-state index is -4.68. The van der Waals surface area contributed by atoms with Gasteiger partial charge in [0.1, 0.15) is 11.5 Å². The molecule has 246 valence electrons. The summed E-state index contributed by atoms with van der Waals surface area (Å²) in [6.45, 7) is 6.51. The molecule has 0 bridgehead atoms. The van der Waals surface area contributed by atoms with E-state index in [2.05, 4.69) is 15.0 Å². The molecule has 48 heavy (non-hydrogen) atoms. The number of thiazole rings is 1. The van der Waals surface area contributed by atoms with Crippen LogP contribution in [0.25, 0.3) is 17.3 Å². The zero-order chi connectivity index (χ0) is 34.2. The number of fused-ring (bicyclic) bond motifs is 1. The number of amides is 1. The van der Waals surface area contributed by atoms with Crippen molar-refractivity contribution >= 4 is 46.7 Å². The Hall–Kier alpha value is -4.46. The predicted octanol–water partition coefficient (Wildman–Crippen LogP) is 6.98. The monoisotopic (exact) mass is 709 g/mol. The molecule has 0 fully saturated rings. The number of allylic oxidation sites excluding steroid dienone is 1. The molecular formula is C34H27ClF3N5O3S2. The van der Waals surface area contributed by atoms with E-state index >= 15 is 0 Å². The second-order valence-electron chi connectivity index (χ2n) is 10.7. The van der Waals surface area contributed by atoms with Crippen molar-refractivity contribution in [3.05, 3.63) is 126 Å². The van der Waals surface area contributed by atoms with Crippen LogP contribution in [0.3, 0.4) is 0 Å². The van der Waals surface area contributed by atoms with Gasteiger partial charge in [-0.1, -0.05) is 65.4 Å². The molecule has 0 N–H and O–H groups in total. The van der Waals surface area contributed by atoms with Gasteiger partial charge in [-0.3, -0.25) is 14.2 Å². The van der Waals surface area contributed by atoms with Gasteiger partial charge < -0.3 is 9.32 Å². The molecule has 1 aliphatic heterocycles. The van der Waals surface area contributed by atoms with E-state index in [0.29, 0.717) is 49.8 Å². The molecule has 4 heterocycles. The third kappa shape index (κ3) is 6.75. The van der Waals surface area contributed by atoms with Gasteiger partial charge in [0.15, 0.2) is 15.1 Å². The number of carbonyl (C=O) groups excluding carboxylic acids is 1. The van der Waals surface area contributed by atoms with E-state index in [1.54, 1.807) is 84.6 Å². The SMILES string of the molecule is CCN(CC)C(=O)C1=C(C)N=c2s/c(=C\c3ccc(Sc4nc(-c5ccccc5)cc(C(F)(F)F)n4)o3)c(=O)n2[C@H]1c1ccc(Cl)cc1. The van der Waals surface area contributed by atoms with Gasteiger partial charge in [0, 0.05) is 29.8 Å². The van der Waals surface area contributed by atoms with Crippen molar-refractivity contribution in [1.29, 1.82) is 0 Å². The normalized spacial score (nSPS) is 15.0. The van der Waals surface area contributed by atoms with Crippen LogP contribution in [0, 0.1) is 0 Å². The van der Waals surface area contributed by atoms with E-state index in [-0.39, 0.29) is 33.2 Å². The van der Waals surface area contributed by atoms with Gasteiger partial charge in [0.25, 0.3) is 11.5 Å². The van der Waals surface area contributed by atoms with Crippen molar-refractivity contribution in [2.45, 2.75) is 43.2 Å². The second kappa shape index (κ2) is 13.6. The van der Waals surface area contributed by atoms with Crippen LogP contribution in [-0.2, 0) is 11.0 Å². The number of aromatic nitrogens is 3. The number of halogens is 4. The first kappa shape index (κ1) is 33.4. The Bertz CT molecular complexity index is 2210. The minimum Gasteiger partial charge on any atom is -0.450 e. The smallest absolute Gasteiger partial charge is 0.433 e. The molecule has 1 atom stereocenters. The molecule has 3 aromatic heterocycles. The van der Waals surface area contributed by atoms with Crippen molar-refractivity contribution in [2.75, 3.05) is 13.1 Å². The number of benzene rings is 2. The fraction of sp³-hybridized carbons (Fsp3) is 0.206. The first-order valence-corrected chi connectivity index (χ1v) is 16.8. The molecule has 6 rings (SSSR count). The first-order valence-electron chi connectivity index (χ1n) is 14.8. The Morgan fingerprint density at radius 1 is 1.06 bits per heavy atom. The van der Waals surface area contributed by atoms with Crippen LogP contribution < -0.4 is 14.9 Å². The van der Waals surface area contributed by atoms with Gasteiger partial charge in [-0.05, 0) is 68.4 Å². The summed E-state index contributed by atoms with van der Waals surface area (Å²) in [6.07, 6.45) is -3.14. The lowest BCUT2D eigenvalue weighted by Crippen LogP contribution is -2.43. The Balaban J connectivity index is 1.38. The van der Waals surface area contributed by atoms with Gasteiger partial charge in [0.2, 0.25) is 0 Å². The summed E-state index contributed by atoms with van der Waals surface area (Å²) in [6, 6.07) is 18.8. The quantitative estimate of drug-likeness (QED) is 0.162. The van der Waals surface area contributed by atoms with Crippen LogP contribution in [0.15, 0.2) is 109 Å². The molecule has 0 saturated heterocycles. The lowest BCUT2D eigenvalue weighted by Gasteiger charge is -2.29. The summed E-state index contributed by atoms with van der Waals surface area (Å²) in [7, 11) is 0. The van der Waals surface area contributed by atoms with E-state index in [1.165, 1.54) is 4.57 Å². The van der Waals surface area contributed by atoms with E-state index in [0.717, 1.165) is 29.2 Å². The molecule has 2 aromatic carbocycles. The van der Waals surface area contributed by atoms with E-state index in [1.807, 2.05) is 13.8 Å². The highest BCUT2D eigenvalue weighted by Crippen LogP contribution is 2.35. The molecule has 0 aliphatic carbocycles. The van der Waals surface area contributed by atoms with Crippen molar-refractivity contribution in [3.8, 4) is 11.3 Å². The predicted molar refractivity (Wildman–Crippen MR) is 178 cm³/mol. The molecule has 1 aliphatic rings. The molecule has 14 heteroatoms. The van der Waals surface area contributed by atoms with Gasteiger partial charge in [-0.15, -0.1) is 0 Å². The number of likely N-dealkylation sites (N-methyl/N-ethyl adjacent to an activating group) is 1. The third-order valence-corrected chi connectivity index (χ3v) is 9.64. The Morgan fingerprint density at radius 3 is 2.44 bits per heavy atom. The van der Waals surface area contributed by atoms with Gasteiger partial charge in [-0.2, -0.15) is 13.2 Å². The van der Waals surface area contributed by atoms with Crippen molar-refractivity contribution in [3.63, 3.8) is 0 Å². The Labute approximate surface area is 285 Å². The minimum absolute atomic E-state index is 0.123. The van der Waals surface area contributed by atoms with Crippen molar-refractivity contribution in [1.82, 2.24) is 19.4 Å². The number of nitrogens with zero attached hydrogens (tertiary/aromatic N) is 5. The highest BCUT2D eigenvalue weighted by atomic mass is 35.5. The van der Waals surface area contributed by atoms with Crippen LogP contribution in [0.2, 0.25) is 5.02 Å². The molecule has 8 nitrogen and oxygen atoms in total. The topological polar surface area (TPSA) is 93.6 Å². The van der Waals surface area contributed by atoms with Crippen LogP contribution in [0.1, 0.15) is 43.8 Å². The molecule has 0 saturated carbocycles. The lowest BCUT2D eigenvalue weighted by molar-refractivity contribution is -0.141. The number of furan rings is 1. The second-order valence-corrected chi connectivity index (χ2v) is 13.1. The highest BCUT2D eigenvalue weighted by Gasteiger charge is 2.35. The van der Waals surface area contributed by atoms with E-state index in [4.69, 9.17) is 16.0 Å². The van der Waals surface area contributed by atoms with Crippen LogP contribution in [0.4, 0.5) is 13.2 Å². The zero-order valence-electron chi connectivity index (χ0n) is 25.8. The largest absolute Gasteiger partial charge is 0.450 e. The Kier molecular flexibility index (Phi) is 9.46. The van der Waals surface area contributed by atoms with Crippen LogP contribution in [-0.4, -0.2) is 38.4 Å². The van der Waals surface area contributed by atoms with Gasteiger partial charge in [-0.25, -0.2) is 15.0 Å². The lowest BCUT2D eigenvalue weighted by atomic mass is 9.94. The summed E-state index contributed by atoms with van der Waals surface area (Å²) in [5.41, 5.74) is 0.783. The third-order valence-electron chi connectivity index (χ3n) is 7.62. The maximum atomic E-state index is 14.0. The zero-order valence-corrected chi connectivity index (χ0v) is 28.2. The first-order chi connectivity index (χ1) is 23.0. The molecule has 0 radical (unpaired) electrons. The number of hydrogen-bond donors (Lipinski definition) is 0. The van der Waals surface area contributed by atoms with Gasteiger partial charge in [0.05, 0.1) is 27.5 Å². The average molecular weight is 710 g/mol. The highest BCUT2D eigenvalue weighted by molar-refractivity contribution is 7.99. The standard InChI is InChI=1S/C34H27ClF3N5O3S2/c1-4-42(5-2)31(45)28-19(3)39-33-43(29(28)21-11-13-22(35)14-12-21)30(44)25(47-33)17-23-15-16-27(46-23)48-32-40-24(20-9-7-6-8-10-20)18-26(41-32)34(36,37)38/h6-18,29H,4-5H2,1-3H3/b25-17-/t29-/m0/s1. The fourth-order valence-corrected chi connectivity index (χ4v) is 7.19. The maximum Gasteiger partial charge on any atom is 0.433 e.